The van der Waals surface area contributed by atoms with Crippen molar-refractivity contribution in [2.45, 2.75) is 0 Å². The maximum absolute atomic E-state index is 12.5. The van der Waals surface area contributed by atoms with Gasteiger partial charge in [-0.3, -0.25) is 0 Å². The van der Waals surface area contributed by atoms with Crippen LogP contribution in [-0.2, 0) is 9.53 Å². The zero-order valence-electron chi connectivity index (χ0n) is 15.8. The third kappa shape index (κ3) is 4.95. The maximum atomic E-state index is 12.5. The van der Waals surface area contributed by atoms with E-state index in [2.05, 4.69) is 4.74 Å². The van der Waals surface area contributed by atoms with E-state index in [-0.39, 0.29) is 16.3 Å². The highest BCUT2D eigenvalue weighted by Crippen LogP contribution is 2.37. The lowest BCUT2D eigenvalue weighted by atomic mass is 10.1. The van der Waals surface area contributed by atoms with Crippen molar-refractivity contribution in [3.63, 3.8) is 0 Å². The fourth-order valence-corrected chi connectivity index (χ4v) is 2.59. The molecular formula is C20H19ClO7. The monoisotopic (exact) mass is 406 g/mol. The molecule has 7 nitrogen and oxygen atoms in total. The van der Waals surface area contributed by atoms with E-state index in [0.29, 0.717) is 22.8 Å². The Kier molecular flexibility index (Phi) is 7.28. The summed E-state index contributed by atoms with van der Waals surface area (Å²) >= 11 is 6.13. The smallest absolute Gasteiger partial charge is 0.343 e. The van der Waals surface area contributed by atoms with Gasteiger partial charge < -0.3 is 23.7 Å². The second kappa shape index (κ2) is 9.66. The van der Waals surface area contributed by atoms with Gasteiger partial charge in [0.25, 0.3) is 0 Å². The Balaban J connectivity index is 2.27. The fourth-order valence-electron chi connectivity index (χ4n) is 2.30. The van der Waals surface area contributed by atoms with Gasteiger partial charge in [-0.1, -0.05) is 17.7 Å². The average molecular weight is 407 g/mol. The fraction of sp³-hybridized carbons (Fsp3) is 0.200. The van der Waals surface area contributed by atoms with Gasteiger partial charge in [0, 0.05) is 6.08 Å². The largest absolute Gasteiger partial charge is 0.493 e. The van der Waals surface area contributed by atoms with Gasteiger partial charge in [0.1, 0.15) is 0 Å². The first kappa shape index (κ1) is 21.1. The molecule has 0 bridgehead atoms. The number of hydrogen-bond acceptors (Lipinski definition) is 7. The van der Waals surface area contributed by atoms with E-state index in [0.717, 1.165) is 0 Å². The minimum atomic E-state index is -0.654. The van der Waals surface area contributed by atoms with E-state index in [9.17, 15) is 9.59 Å². The summed E-state index contributed by atoms with van der Waals surface area (Å²) in [6, 6.07) is 7.71. The van der Waals surface area contributed by atoms with Crippen LogP contribution in [0, 0.1) is 0 Å². The number of carbonyl (C=O) groups is 2. The number of rotatable bonds is 7. The topological polar surface area (TPSA) is 80.3 Å². The Morgan fingerprint density at radius 2 is 1.61 bits per heavy atom. The van der Waals surface area contributed by atoms with Gasteiger partial charge in [0.15, 0.2) is 23.0 Å². The van der Waals surface area contributed by atoms with Gasteiger partial charge in [-0.25, -0.2) is 9.59 Å². The normalized spacial score (nSPS) is 10.5. The van der Waals surface area contributed by atoms with Crippen molar-refractivity contribution in [1.29, 1.82) is 0 Å². The molecule has 0 aliphatic heterocycles. The lowest BCUT2D eigenvalue weighted by Crippen LogP contribution is -2.10. The van der Waals surface area contributed by atoms with Crippen LogP contribution in [0.5, 0.6) is 23.0 Å². The molecule has 0 amide bonds. The van der Waals surface area contributed by atoms with Gasteiger partial charge >= 0.3 is 11.9 Å². The molecule has 0 spiro atoms. The molecule has 8 heteroatoms. The quantitative estimate of drug-likeness (QED) is 0.393. The summed E-state index contributed by atoms with van der Waals surface area (Å²) in [5.41, 5.74) is 0.843. The minimum absolute atomic E-state index is 0.180. The first-order chi connectivity index (χ1) is 13.4. The highest BCUT2D eigenvalue weighted by atomic mass is 35.5. The number of halogens is 1. The molecule has 0 aliphatic carbocycles. The first-order valence-corrected chi connectivity index (χ1v) is 8.39. The van der Waals surface area contributed by atoms with Gasteiger partial charge in [-0.05, 0) is 35.9 Å². The van der Waals surface area contributed by atoms with Crippen molar-refractivity contribution < 1.29 is 33.3 Å². The van der Waals surface area contributed by atoms with Crippen molar-refractivity contribution in [3.8, 4) is 23.0 Å². The zero-order valence-corrected chi connectivity index (χ0v) is 16.5. The molecule has 0 aromatic heterocycles. The van der Waals surface area contributed by atoms with Crippen LogP contribution in [0.2, 0.25) is 5.02 Å². The van der Waals surface area contributed by atoms with Crippen LogP contribution in [0.1, 0.15) is 15.9 Å². The SMILES string of the molecule is COC(=O)/C=C/c1ccc(OC(=O)c2cc(Cl)c(OC)c(OC)c2)c(OC)c1. The molecule has 0 N–H and O–H groups in total. The van der Waals surface area contributed by atoms with E-state index in [1.54, 1.807) is 24.3 Å². The van der Waals surface area contributed by atoms with Crippen molar-refractivity contribution in [3.05, 3.63) is 52.6 Å². The Morgan fingerprint density at radius 3 is 2.21 bits per heavy atom. The van der Waals surface area contributed by atoms with E-state index >= 15 is 0 Å². The van der Waals surface area contributed by atoms with Gasteiger partial charge in [0.05, 0.1) is 39.0 Å². The predicted octanol–water partition coefficient (Wildman–Crippen LogP) is 3.77. The maximum Gasteiger partial charge on any atom is 0.343 e. The van der Waals surface area contributed by atoms with Crippen LogP contribution in [0.3, 0.4) is 0 Å². The number of methoxy groups -OCH3 is 4. The lowest BCUT2D eigenvalue weighted by Gasteiger charge is -2.13. The van der Waals surface area contributed by atoms with E-state index in [1.165, 1.54) is 46.6 Å². The minimum Gasteiger partial charge on any atom is -0.493 e. The Labute approximate surface area is 167 Å². The molecule has 0 unspecified atom stereocenters. The zero-order chi connectivity index (χ0) is 20.7. The summed E-state index contributed by atoms with van der Waals surface area (Å²) in [4.78, 5) is 23.7. The van der Waals surface area contributed by atoms with E-state index in [1.807, 2.05) is 0 Å². The predicted molar refractivity (Wildman–Crippen MR) is 104 cm³/mol. The molecule has 0 aliphatic rings. The number of carbonyl (C=O) groups excluding carboxylic acids is 2. The van der Waals surface area contributed by atoms with Crippen LogP contribution < -0.4 is 18.9 Å². The molecule has 0 fully saturated rings. The molecule has 2 rings (SSSR count). The second-order valence-electron chi connectivity index (χ2n) is 5.35. The summed E-state index contributed by atoms with van der Waals surface area (Å²) in [6.07, 6.45) is 2.82. The number of esters is 2. The van der Waals surface area contributed by atoms with Gasteiger partial charge in [-0.2, -0.15) is 0 Å². The van der Waals surface area contributed by atoms with E-state index in [4.69, 9.17) is 30.5 Å². The number of hydrogen-bond donors (Lipinski definition) is 0. The molecule has 2 aromatic rings. The van der Waals surface area contributed by atoms with Crippen LogP contribution in [0.15, 0.2) is 36.4 Å². The average Bonchev–Trinajstić information content (AvgIpc) is 2.71. The molecule has 0 saturated heterocycles. The molecule has 0 radical (unpaired) electrons. The Bertz CT molecular complexity index is 906. The number of ether oxygens (including phenoxy) is 5. The molecule has 0 saturated carbocycles. The molecule has 0 atom stereocenters. The summed E-state index contributed by atoms with van der Waals surface area (Å²) in [5.74, 6) is -0.00312. The standard InChI is InChI=1S/C20H19ClO7/c1-24-16-9-12(6-8-18(22)26-3)5-7-15(16)28-20(23)13-10-14(21)19(27-4)17(11-13)25-2/h5-11H,1-4H3/b8-6+. The lowest BCUT2D eigenvalue weighted by molar-refractivity contribution is -0.134. The third-order valence-corrected chi connectivity index (χ3v) is 3.95. The van der Waals surface area contributed by atoms with Crippen molar-refractivity contribution in [2.24, 2.45) is 0 Å². The molecule has 0 heterocycles. The Morgan fingerprint density at radius 1 is 0.893 bits per heavy atom. The molecule has 2 aromatic carbocycles. The van der Waals surface area contributed by atoms with Crippen LogP contribution >= 0.6 is 11.6 Å². The van der Waals surface area contributed by atoms with Crippen molar-refractivity contribution >= 4 is 29.6 Å². The van der Waals surface area contributed by atoms with Gasteiger partial charge in [-0.15, -0.1) is 0 Å². The van der Waals surface area contributed by atoms with Crippen molar-refractivity contribution in [2.75, 3.05) is 28.4 Å². The first-order valence-electron chi connectivity index (χ1n) is 8.01. The van der Waals surface area contributed by atoms with Gasteiger partial charge in [0.2, 0.25) is 0 Å². The van der Waals surface area contributed by atoms with Crippen LogP contribution in [0.4, 0.5) is 0 Å². The third-order valence-electron chi connectivity index (χ3n) is 3.67. The molecular weight excluding hydrogens is 388 g/mol. The summed E-state index contributed by atoms with van der Waals surface area (Å²) < 4.78 is 25.6. The van der Waals surface area contributed by atoms with Crippen LogP contribution in [0.25, 0.3) is 6.08 Å². The highest BCUT2D eigenvalue weighted by molar-refractivity contribution is 6.32. The van der Waals surface area contributed by atoms with Crippen LogP contribution in [-0.4, -0.2) is 40.4 Å². The summed E-state index contributed by atoms with van der Waals surface area (Å²) in [6.45, 7) is 0. The van der Waals surface area contributed by atoms with E-state index < -0.39 is 11.9 Å². The summed E-state index contributed by atoms with van der Waals surface area (Å²) in [7, 11) is 5.61. The van der Waals surface area contributed by atoms with Crippen molar-refractivity contribution in [1.82, 2.24) is 0 Å². The Hall–Kier alpha value is -3.19. The highest BCUT2D eigenvalue weighted by Gasteiger charge is 2.18. The number of benzene rings is 2. The second-order valence-corrected chi connectivity index (χ2v) is 5.76. The molecule has 148 valence electrons. The summed E-state index contributed by atoms with van der Waals surface area (Å²) in [5, 5.41) is 0.212. The molecule has 28 heavy (non-hydrogen) atoms.